The third-order valence-electron chi connectivity index (χ3n) is 4.98. The second-order valence-corrected chi connectivity index (χ2v) is 8.74. The van der Waals surface area contributed by atoms with Crippen LogP contribution in [0.4, 0.5) is 11.4 Å². The van der Waals surface area contributed by atoms with Crippen LogP contribution in [0.25, 0.3) is 5.57 Å². The Kier molecular flexibility index (Phi) is 5.95. The van der Waals surface area contributed by atoms with E-state index in [0.717, 1.165) is 16.7 Å². The third kappa shape index (κ3) is 3.79. The average Bonchev–Trinajstić information content (AvgIpc) is 3.06. The summed E-state index contributed by atoms with van der Waals surface area (Å²) in [6.45, 7) is 3.92. The number of nitrogens with zero attached hydrogens (tertiary/aromatic N) is 2. The van der Waals surface area contributed by atoms with Crippen LogP contribution in [0.15, 0.2) is 82.3 Å². The predicted molar refractivity (Wildman–Crippen MR) is 124 cm³/mol. The summed E-state index contributed by atoms with van der Waals surface area (Å²) in [4.78, 5) is 5.85. The number of rotatable bonds is 5. The van der Waals surface area contributed by atoms with Gasteiger partial charge in [0.2, 0.25) is 0 Å². The monoisotopic (exact) mass is 454 g/mol. The maximum atomic E-state index is 9.30. The first-order valence-corrected chi connectivity index (χ1v) is 11.1. The first-order valence-electron chi connectivity index (χ1n) is 9.47. The van der Waals surface area contributed by atoms with Gasteiger partial charge >= 0.3 is 0 Å². The molecule has 0 aromatic heterocycles. The number of aliphatic hydroxyl groups excluding tert-OH is 1. The molecule has 0 bridgehead atoms. The number of benzene rings is 2. The van der Waals surface area contributed by atoms with Crippen LogP contribution in [0, 0.1) is 0 Å². The summed E-state index contributed by atoms with van der Waals surface area (Å²) in [6.07, 6.45) is 10.8. The van der Waals surface area contributed by atoms with Gasteiger partial charge < -0.3 is 14.9 Å². The Bertz CT molecular complexity index is 953. The molecule has 3 nitrogen and oxygen atoms in total. The van der Waals surface area contributed by atoms with E-state index < -0.39 is 0 Å². The molecule has 5 heteroatoms. The highest BCUT2D eigenvalue weighted by atomic mass is 79.9. The summed E-state index contributed by atoms with van der Waals surface area (Å²) in [7, 11) is 0. The summed E-state index contributed by atoms with van der Waals surface area (Å²) in [6, 6.07) is 14.8. The van der Waals surface area contributed by atoms with Crippen LogP contribution in [0.5, 0.6) is 0 Å². The highest BCUT2D eigenvalue weighted by Gasteiger charge is 2.27. The molecule has 0 radical (unpaired) electrons. The third-order valence-corrected chi connectivity index (χ3v) is 6.72. The van der Waals surface area contributed by atoms with Gasteiger partial charge in [0, 0.05) is 39.9 Å². The molecule has 1 N–H and O–H groups in total. The molecular formula is C23H23BrN2OS. The van der Waals surface area contributed by atoms with E-state index in [0.29, 0.717) is 11.9 Å². The van der Waals surface area contributed by atoms with Crippen LogP contribution < -0.4 is 9.80 Å². The van der Waals surface area contributed by atoms with Crippen LogP contribution >= 0.6 is 27.7 Å². The van der Waals surface area contributed by atoms with Crippen molar-refractivity contribution < 1.29 is 5.11 Å². The molecule has 1 atom stereocenters. The molecule has 1 unspecified atom stereocenters. The molecule has 2 heterocycles. The van der Waals surface area contributed by atoms with E-state index in [1.165, 1.54) is 21.7 Å². The fraction of sp³-hybridized carbons (Fsp3) is 0.217. The first-order chi connectivity index (χ1) is 13.7. The smallest absolute Gasteiger partial charge is 0.0985 e. The zero-order valence-electron chi connectivity index (χ0n) is 15.8. The Hall–Kier alpha value is -1.95. The largest absolute Gasteiger partial charge is 0.395 e. The van der Waals surface area contributed by atoms with Crippen molar-refractivity contribution in [3.63, 3.8) is 0 Å². The second-order valence-electron chi connectivity index (χ2n) is 6.66. The molecule has 0 spiro atoms. The standard InChI is InChI=1S/C23H23BrN2OS/c1-2-26-21-16-18(24)10-11-22(21)28-23(26)9-5-6-17-12-13-25(14-15-27)20-8-4-3-7-19(17)20/h3-13,16,23,27H,2,14-15H2,1H3/b9-5+,17-6+. The first kappa shape index (κ1) is 19.4. The zero-order chi connectivity index (χ0) is 19.5. The number of anilines is 2. The zero-order valence-corrected chi connectivity index (χ0v) is 18.2. The van der Waals surface area contributed by atoms with Gasteiger partial charge in [0.05, 0.1) is 17.7 Å². The molecular weight excluding hydrogens is 432 g/mol. The number of para-hydroxylation sites is 1. The molecule has 0 aliphatic carbocycles. The van der Waals surface area contributed by atoms with Crippen LogP contribution in [-0.2, 0) is 0 Å². The Morgan fingerprint density at radius 1 is 1.18 bits per heavy atom. The summed E-state index contributed by atoms with van der Waals surface area (Å²) in [5, 5.41) is 9.61. The molecule has 0 amide bonds. The number of thioether (sulfide) groups is 1. The number of hydrogen-bond acceptors (Lipinski definition) is 4. The predicted octanol–water partition coefficient (Wildman–Crippen LogP) is 5.67. The maximum absolute atomic E-state index is 9.30. The number of likely N-dealkylation sites (N-methyl/N-ethyl adjacent to an activating group) is 1. The number of hydrogen-bond donors (Lipinski definition) is 1. The van der Waals surface area contributed by atoms with Gasteiger partial charge in [0.1, 0.15) is 0 Å². The molecule has 0 saturated carbocycles. The minimum absolute atomic E-state index is 0.139. The molecule has 28 heavy (non-hydrogen) atoms. The molecule has 2 aliphatic heterocycles. The summed E-state index contributed by atoms with van der Waals surface area (Å²) in [5.41, 5.74) is 4.82. The van der Waals surface area contributed by atoms with Crippen molar-refractivity contribution in [2.24, 2.45) is 0 Å². The molecule has 2 aromatic rings. The van der Waals surface area contributed by atoms with E-state index in [2.05, 4.69) is 93.4 Å². The van der Waals surface area contributed by atoms with Crippen molar-refractivity contribution >= 4 is 44.6 Å². The second kappa shape index (κ2) is 8.60. The van der Waals surface area contributed by atoms with Gasteiger partial charge in [-0.25, -0.2) is 0 Å². The van der Waals surface area contributed by atoms with Crippen LogP contribution in [0.2, 0.25) is 0 Å². The van der Waals surface area contributed by atoms with E-state index in [-0.39, 0.29) is 6.61 Å². The van der Waals surface area contributed by atoms with E-state index in [1.54, 1.807) is 0 Å². The number of β-amino-alcohol motifs (C(OH)–C–C–N with tert-alkyl or cyclic N) is 1. The topological polar surface area (TPSA) is 26.7 Å². The van der Waals surface area contributed by atoms with Gasteiger partial charge in [-0.05, 0) is 42.8 Å². The highest BCUT2D eigenvalue weighted by Crippen LogP contribution is 2.45. The lowest BCUT2D eigenvalue weighted by atomic mass is 9.99. The lowest BCUT2D eigenvalue weighted by Gasteiger charge is -2.27. The number of halogens is 1. The summed E-state index contributed by atoms with van der Waals surface area (Å²) >= 11 is 5.48. The van der Waals surface area contributed by atoms with Crippen LogP contribution in [-0.4, -0.2) is 30.2 Å². The maximum Gasteiger partial charge on any atom is 0.0985 e. The minimum Gasteiger partial charge on any atom is -0.395 e. The summed E-state index contributed by atoms with van der Waals surface area (Å²) in [5.74, 6) is 0. The van der Waals surface area contributed by atoms with Crippen molar-refractivity contribution in [3.05, 3.63) is 83.0 Å². The fourth-order valence-electron chi connectivity index (χ4n) is 3.65. The molecule has 0 saturated heterocycles. The number of fused-ring (bicyclic) bond motifs is 2. The number of aliphatic hydroxyl groups is 1. The molecule has 0 fully saturated rings. The van der Waals surface area contributed by atoms with Crippen molar-refractivity contribution in [2.75, 3.05) is 29.5 Å². The van der Waals surface area contributed by atoms with Crippen molar-refractivity contribution in [2.45, 2.75) is 17.2 Å². The average molecular weight is 455 g/mol. The van der Waals surface area contributed by atoms with E-state index in [1.807, 2.05) is 24.0 Å². The van der Waals surface area contributed by atoms with Gasteiger partial charge in [-0.1, -0.05) is 64.1 Å². The Morgan fingerprint density at radius 2 is 2.04 bits per heavy atom. The van der Waals surface area contributed by atoms with E-state index in [9.17, 15) is 5.11 Å². The molecule has 4 rings (SSSR count). The van der Waals surface area contributed by atoms with E-state index >= 15 is 0 Å². The Morgan fingerprint density at radius 3 is 2.86 bits per heavy atom. The Labute approximate surface area is 179 Å². The van der Waals surface area contributed by atoms with E-state index in [4.69, 9.17) is 0 Å². The van der Waals surface area contributed by atoms with Gasteiger partial charge in [-0.3, -0.25) is 0 Å². The molecule has 2 aliphatic rings. The number of allylic oxidation sites excluding steroid dienone is 4. The van der Waals surface area contributed by atoms with Crippen molar-refractivity contribution in [1.29, 1.82) is 0 Å². The lowest BCUT2D eigenvalue weighted by molar-refractivity contribution is 0.305. The molecule has 2 aromatic carbocycles. The SMILES string of the molecule is CCN1c2cc(Br)ccc2SC1/C=C/C=C1\C=CN(CCO)c2ccccc21. The normalized spacial score (nSPS) is 19.5. The van der Waals surface area contributed by atoms with Crippen LogP contribution in [0.1, 0.15) is 12.5 Å². The quantitative estimate of drug-likeness (QED) is 0.628. The minimum atomic E-state index is 0.139. The molecule has 144 valence electrons. The highest BCUT2D eigenvalue weighted by molar-refractivity contribution is 9.10. The van der Waals surface area contributed by atoms with Crippen molar-refractivity contribution in [1.82, 2.24) is 0 Å². The lowest BCUT2D eigenvalue weighted by Crippen LogP contribution is -2.27. The van der Waals surface area contributed by atoms with Gasteiger partial charge in [-0.2, -0.15) is 0 Å². The summed E-state index contributed by atoms with van der Waals surface area (Å²) < 4.78 is 1.12. The van der Waals surface area contributed by atoms with Crippen LogP contribution in [0.3, 0.4) is 0 Å². The van der Waals surface area contributed by atoms with Gasteiger partial charge in [0.25, 0.3) is 0 Å². The van der Waals surface area contributed by atoms with Crippen molar-refractivity contribution in [3.8, 4) is 0 Å². The van der Waals surface area contributed by atoms with Gasteiger partial charge in [0.15, 0.2) is 0 Å². The fourth-order valence-corrected chi connectivity index (χ4v) is 5.26. The van der Waals surface area contributed by atoms with Gasteiger partial charge in [-0.15, -0.1) is 0 Å². The Balaban J connectivity index is 1.56.